The second-order valence-corrected chi connectivity index (χ2v) is 11.8. The van der Waals surface area contributed by atoms with Crippen molar-refractivity contribution in [2.24, 2.45) is 0 Å². The fraction of sp³-hybridized carbons (Fsp3) is 0.147. The van der Waals surface area contributed by atoms with Gasteiger partial charge in [0.2, 0.25) is 5.91 Å². The fourth-order valence-electron chi connectivity index (χ4n) is 4.71. The first-order valence-electron chi connectivity index (χ1n) is 13.4. The number of hydrogen-bond donors (Lipinski definition) is 2. The Bertz CT molecular complexity index is 1760. The standard InChI is InChI=1S/C34H32N2O3S/c1-25(35-32-19-16-27-11-5-7-13-29(27)23-32)34(37)36-31(18-15-26-9-3-2-4-10-26)21-22-40(38,39)33-20-17-28-12-6-8-14-30(28)24-33/h2-14,16-17,19-25,31,35H,15,18H2,1H3,(H,36,37)/b22-21+/t25-,31-/m0/s1. The zero-order chi connectivity index (χ0) is 28.0. The summed E-state index contributed by atoms with van der Waals surface area (Å²) in [5.41, 5.74) is 1.96. The molecule has 6 heteroatoms. The summed E-state index contributed by atoms with van der Waals surface area (Å²) < 4.78 is 26.4. The zero-order valence-electron chi connectivity index (χ0n) is 22.3. The Morgan fingerprint density at radius 2 is 1.35 bits per heavy atom. The third kappa shape index (κ3) is 6.77. The number of sulfone groups is 1. The Morgan fingerprint density at radius 1 is 0.750 bits per heavy atom. The van der Waals surface area contributed by atoms with Crippen molar-refractivity contribution < 1.29 is 13.2 Å². The number of carbonyl (C=O) groups is 1. The van der Waals surface area contributed by atoms with E-state index in [-0.39, 0.29) is 10.8 Å². The molecule has 0 aromatic heterocycles. The molecule has 5 aromatic carbocycles. The van der Waals surface area contributed by atoms with E-state index in [0.717, 1.165) is 32.8 Å². The van der Waals surface area contributed by atoms with Gasteiger partial charge in [0.1, 0.15) is 6.04 Å². The molecule has 5 rings (SSSR count). The van der Waals surface area contributed by atoms with Crippen molar-refractivity contribution in [1.29, 1.82) is 0 Å². The summed E-state index contributed by atoms with van der Waals surface area (Å²) in [6, 6.07) is 35.8. The van der Waals surface area contributed by atoms with Crippen LogP contribution >= 0.6 is 0 Å². The summed E-state index contributed by atoms with van der Waals surface area (Å²) in [4.78, 5) is 13.4. The van der Waals surface area contributed by atoms with Crippen molar-refractivity contribution in [2.75, 3.05) is 5.32 Å². The maximum atomic E-state index is 13.2. The molecule has 0 fully saturated rings. The smallest absolute Gasteiger partial charge is 0.242 e. The fourth-order valence-corrected chi connectivity index (χ4v) is 5.81. The normalized spacial score (nSPS) is 13.3. The van der Waals surface area contributed by atoms with Crippen molar-refractivity contribution in [3.63, 3.8) is 0 Å². The average molecular weight is 549 g/mol. The number of fused-ring (bicyclic) bond motifs is 2. The minimum Gasteiger partial charge on any atom is -0.374 e. The first-order valence-corrected chi connectivity index (χ1v) is 14.9. The number of rotatable bonds is 10. The predicted molar refractivity (Wildman–Crippen MR) is 164 cm³/mol. The van der Waals surface area contributed by atoms with Crippen LogP contribution in [0.1, 0.15) is 18.9 Å². The number of hydrogen-bond acceptors (Lipinski definition) is 4. The highest BCUT2D eigenvalue weighted by Crippen LogP contribution is 2.22. The van der Waals surface area contributed by atoms with Gasteiger partial charge in [-0.3, -0.25) is 4.79 Å². The van der Waals surface area contributed by atoms with Crippen LogP contribution in [0.4, 0.5) is 5.69 Å². The van der Waals surface area contributed by atoms with Crippen LogP contribution in [0, 0.1) is 0 Å². The van der Waals surface area contributed by atoms with Crippen molar-refractivity contribution in [1.82, 2.24) is 5.32 Å². The summed E-state index contributed by atoms with van der Waals surface area (Å²) >= 11 is 0. The van der Waals surface area contributed by atoms with E-state index in [0.29, 0.717) is 12.8 Å². The number of carbonyl (C=O) groups excluding carboxylic acids is 1. The monoisotopic (exact) mass is 548 g/mol. The highest BCUT2D eigenvalue weighted by atomic mass is 32.2. The first-order chi connectivity index (χ1) is 19.4. The maximum Gasteiger partial charge on any atom is 0.242 e. The van der Waals surface area contributed by atoms with Crippen molar-refractivity contribution >= 4 is 43.0 Å². The van der Waals surface area contributed by atoms with Gasteiger partial charge in [-0.25, -0.2) is 8.42 Å². The van der Waals surface area contributed by atoms with Gasteiger partial charge in [-0.1, -0.05) is 97.1 Å². The maximum absolute atomic E-state index is 13.2. The summed E-state index contributed by atoms with van der Waals surface area (Å²) in [5, 5.41) is 11.6. The molecule has 0 aliphatic carbocycles. The third-order valence-corrected chi connectivity index (χ3v) is 8.41. The van der Waals surface area contributed by atoms with E-state index in [9.17, 15) is 13.2 Å². The second kappa shape index (κ2) is 12.2. The Balaban J connectivity index is 1.32. The Hall–Kier alpha value is -4.42. The minimum absolute atomic E-state index is 0.209. The van der Waals surface area contributed by atoms with Gasteiger partial charge >= 0.3 is 0 Å². The number of benzene rings is 5. The predicted octanol–water partition coefficient (Wildman–Crippen LogP) is 6.90. The largest absolute Gasteiger partial charge is 0.374 e. The van der Waals surface area contributed by atoms with Gasteiger partial charge in [0, 0.05) is 17.1 Å². The zero-order valence-corrected chi connectivity index (χ0v) is 23.1. The molecule has 0 spiro atoms. The van der Waals surface area contributed by atoms with Gasteiger partial charge in [-0.2, -0.15) is 0 Å². The van der Waals surface area contributed by atoms with E-state index in [1.807, 2.05) is 103 Å². The number of nitrogens with one attached hydrogen (secondary N) is 2. The van der Waals surface area contributed by atoms with E-state index in [1.54, 1.807) is 25.1 Å². The molecule has 0 unspecified atom stereocenters. The van der Waals surface area contributed by atoms with Crippen LogP contribution in [-0.4, -0.2) is 26.4 Å². The molecule has 0 aliphatic rings. The Kier molecular flexibility index (Phi) is 8.27. The molecule has 5 nitrogen and oxygen atoms in total. The lowest BCUT2D eigenvalue weighted by molar-refractivity contribution is -0.121. The van der Waals surface area contributed by atoms with E-state index in [1.165, 1.54) is 5.41 Å². The number of anilines is 1. The van der Waals surface area contributed by atoms with Crippen LogP contribution in [0.25, 0.3) is 21.5 Å². The highest BCUT2D eigenvalue weighted by molar-refractivity contribution is 7.94. The van der Waals surface area contributed by atoms with Crippen LogP contribution in [0.15, 0.2) is 132 Å². The van der Waals surface area contributed by atoms with Gasteiger partial charge in [-0.15, -0.1) is 0 Å². The van der Waals surface area contributed by atoms with Crippen LogP contribution < -0.4 is 10.6 Å². The molecule has 1 amide bonds. The minimum atomic E-state index is -3.70. The van der Waals surface area contributed by atoms with Gasteiger partial charge in [-0.05, 0) is 71.1 Å². The third-order valence-electron chi connectivity index (χ3n) is 6.98. The molecule has 5 aromatic rings. The molecule has 0 radical (unpaired) electrons. The van der Waals surface area contributed by atoms with Crippen LogP contribution in [0.2, 0.25) is 0 Å². The van der Waals surface area contributed by atoms with Crippen LogP contribution in [0.5, 0.6) is 0 Å². The van der Waals surface area contributed by atoms with E-state index in [4.69, 9.17) is 0 Å². The molecule has 0 bridgehead atoms. The Morgan fingerprint density at radius 3 is 2.05 bits per heavy atom. The topological polar surface area (TPSA) is 75.3 Å². The molecule has 0 heterocycles. The van der Waals surface area contributed by atoms with Gasteiger partial charge < -0.3 is 10.6 Å². The molecular formula is C34H32N2O3S. The quantitative estimate of drug-likeness (QED) is 0.199. The lowest BCUT2D eigenvalue weighted by Gasteiger charge is -2.20. The van der Waals surface area contributed by atoms with E-state index >= 15 is 0 Å². The molecule has 0 aliphatic heterocycles. The van der Waals surface area contributed by atoms with Crippen molar-refractivity contribution in [2.45, 2.75) is 36.7 Å². The molecule has 40 heavy (non-hydrogen) atoms. The van der Waals surface area contributed by atoms with Gasteiger partial charge in [0.25, 0.3) is 0 Å². The van der Waals surface area contributed by atoms with Crippen LogP contribution in [0.3, 0.4) is 0 Å². The average Bonchev–Trinajstić information content (AvgIpc) is 2.98. The summed E-state index contributed by atoms with van der Waals surface area (Å²) in [7, 11) is -3.70. The molecule has 0 saturated heterocycles. The van der Waals surface area contributed by atoms with E-state index < -0.39 is 21.9 Å². The summed E-state index contributed by atoms with van der Waals surface area (Å²) in [6.45, 7) is 1.80. The van der Waals surface area contributed by atoms with E-state index in [2.05, 4.69) is 10.6 Å². The van der Waals surface area contributed by atoms with Gasteiger partial charge in [0.15, 0.2) is 9.84 Å². The summed E-state index contributed by atoms with van der Waals surface area (Å²) in [5.74, 6) is -0.209. The number of amides is 1. The SMILES string of the molecule is C[C@H](Nc1ccc2ccccc2c1)C(=O)N[C@H](/C=C/S(=O)(=O)c1ccc2ccccc2c1)CCc1ccccc1. The summed E-state index contributed by atoms with van der Waals surface area (Å²) in [6.07, 6.45) is 2.84. The van der Waals surface area contributed by atoms with Crippen LogP contribution in [-0.2, 0) is 21.1 Å². The molecule has 202 valence electrons. The molecule has 2 N–H and O–H groups in total. The highest BCUT2D eigenvalue weighted by Gasteiger charge is 2.18. The lowest BCUT2D eigenvalue weighted by Crippen LogP contribution is -2.42. The second-order valence-electron chi connectivity index (χ2n) is 9.95. The number of aryl methyl sites for hydroxylation is 1. The molecular weight excluding hydrogens is 516 g/mol. The van der Waals surface area contributed by atoms with Crippen molar-refractivity contribution in [3.05, 3.63) is 132 Å². The Labute approximate surface area is 235 Å². The first kappa shape index (κ1) is 27.2. The van der Waals surface area contributed by atoms with Gasteiger partial charge in [0.05, 0.1) is 4.90 Å². The molecule has 2 atom stereocenters. The van der Waals surface area contributed by atoms with Crippen molar-refractivity contribution in [3.8, 4) is 0 Å². The molecule has 0 saturated carbocycles. The lowest BCUT2D eigenvalue weighted by atomic mass is 10.0.